The highest BCUT2D eigenvalue weighted by atomic mass is 32.2. The minimum Gasteiger partial charge on any atom is -0.369 e. The second kappa shape index (κ2) is 7.38. The molecule has 7 nitrogen and oxygen atoms in total. The van der Waals surface area contributed by atoms with Crippen molar-refractivity contribution in [2.75, 3.05) is 6.26 Å². The molecule has 0 unspecified atom stereocenters. The molecule has 2 N–H and O–H groups in total. The molecule has 1 rings (SSSR count). The van der Waals surface area contributed by atoms with Gasteiger partial charge in [0.15, 0.2) is 11.4 Å². The number of rotatable bonds is 3. The van der Waals surface area contributed by atoms with Crippen molar-refractivity contribution in [1.29, 1.82) is 5.26 Å². The summed E-state index contributed by atoms with van der Waals surface area (Å²) in [6, 6.07) is 0.659. The molecule has 0 saturated carbocycles. The van der Waals surface area contributed by atoms with Crippen molar-refractivity contribution in [2.45, 2.75) is 18.0 Å². The fourth-order valence-electron chi connectivity index (χ4n) is 1.76. The van der Waals surface area contributed by atoms with Crippen molar-refractivity contribution in [1.82, 2.24) is 5.32 Å². The molecule has 0 heterocycles. The Kier molecular flexibility index (Phi) is 6.10. The molecule has 0 atom stereocenters. The van der Waals surface area contributed by atoms with Crippen LogP contribution in [0.1, 0.15) is 5.56 Å². The minimum absolute atomic E-state index is 0.0653. The number of aliphatic imine (C=N–C) groups is 1. The summed E-state index contributed by atoms with van der Waals surface area (Å²) in [6.45, 7) is 0. The average molecular weight is 402 g/mol. The zero-order valence-corrected chi connectivity index (χ0v) is 13.3. The van der Waals surface area contributed by atoms with E-state index in [4.69, 9.17) is 5.26 Å². The van der Waals surface area contributed by atoms with Crippen molar-refractivity contribution < 1.29 is 36.4 Å². The number of aliphatic hydroxyl groups is 1. The lowest BCUT2D eigenvalue weighted by atomic mass is 9.91. The Balaban J connectivity index is 3.67. The molecule has 26 heavy (non-hydrogen) atoms. The van der Waals surface area contributed by atoms with Crippen molar-refractivity contribution >= 4 is 28.3 Å². The smallest absolute Gasteiger partial charge is 0.369 e. The standard InChI is InChI=1S/C12H8F6N4O3S/c1-26-9(20-5-19)21-7-3-2-6(4-8(7)22(24)25)10(23,11(13,14)15)12(16,17)18/h2-4,23H,1H3,(H,20,21). The number of hydrogen-bond donors (Lipinski definition) is 2. The van der Waals surface area contributed by atoms with Crippen molar-refractivity contribution in [2.24, 2.45) is 4.99 Å². The summed E-state index contributed by atoms with van der Waals surface area (Å²) in [5, 5.41) is 30.6. The molecule has 0 spiro atoms. The molecule has 14 heteroatoms. The maximum Gasteiger partial charge on any atom is 0.430 e. The van der Waals surface area contributed by atoms with Gasteiger partial charge < -0.3 is 5.11 Å². The summed E-state index contributed by atoms with van der Waals surface area (Å²) in [5.74, 6) is 0. The molecular formula is C12H8F6N4O3S. The summed E-state index contributed by atoms with van der Waals surface area (Å²) >= 11 is 0.812. The van der Waals surface area contributed by atoms with E-state index in [2.05, 4.69) is 4.99 Å². The Morgan fingerprint density at radius 1 is 1.31 bits per heavy atom. The maximum atomic E-state index is 12.9. The fraction of sp³-hybridized carbons (Fsp3) is 0.333. The fourth-order valence-corrected chi connectivity index (χ4v) is 2.10. The van der Waals surface area contributed by atoms with Crippen LogP contribution in [0.15, 0.2) is 23.2 Å². The molecule has 1 aromatic carbocycles. The van der Waals surface area contributed by atoms with Gasteiger partial charge in [0, 0.05) is 11.6 Å². The largest absolute Gasteiger partial charge is 0.430 e. The molecule has 0 aliphatic carbocycles. The quantitative estimate of drug-likeness (QED) is 0.153. The van der Waals surface area contributed by atoms with Gasteiger partial charge in [0.1, 0.15) is 5.69 Å². The van der Waals surface area contributed by atoms with Gasteiger partial charge in [0.25, 0.3) is 11.3 Å². The first-order valence-electron chi connectivity index (χ1n) is 6.22. The molecule has 1 aromatic rings. The van der Waals surface area contributed by atoms with E-state index in [1.54, 1.807) is 0 Å². The summed E-state index contributed by atoms with van der Waals surface area (Å²) in [5.41, 5.74) is -8.93. The summed E-state index contributed by atoms with van der Waals surface area (Å²) in [4.78, 5) is 13.4. The van der Waals surface area contributed by atoms with Gasteiger partial charge in [0.05, 0.1) is 4.92 Å². The normalized spacial score (nSPS) is 13.3. The van der Waals surface area contributed by atoms with Crippen LogP contribution in [0.5, 0.6) is 0 Å². The van der Waals surface area contributed by atoms with Crippen LogP contribution in [0.4, 0.5) is 37.7 Å². The second-order valence-electron chi connectivity index (χ2n) is 4.52. The number of nitrogens with one attached hydrogen (secondary N) is 1. The Hall–Kier alpha value is -2.53. The first kappa shape index (κ1) is 21.5. The van der Waals surface area contributed by atoms with Gasteiger partial charge in [0.2, 0.25) is 0 Å². The van der Waals surface area contributed by atoms with Gasteiger partial charge in [-0.3, -0.25) is 15.4 Å². The third-order valence-corrected chi connectivity index (χ3v) is 3.57. The summed E-state index contributed by atoms with van der Waals surface area (Å²) < 4.78 is 77.2. The highest BCUT2D eigenvalue weighted by molar-refractivity contribution is 8.13. The van der Waals surface area contributed by atoms with Crippen LogP contribution >= 0.6 is 11.8 Å². The van der Waals surface area contributed by atoms with E-state index in [1.807, 2.05) is 5.32 Å². The first-order chi connectivity index (χ1) is 11.8. The molecule has 0 radical (unpaired) electrons. The second-order valence-corrected chi connectivity index (χ2v) is 5.32. The lowest BCUT2D eigenvalue weighted by Gasteiger charge is -2.32. The van der Waals surface area contributed by atoms with E-state index in [1.165, 1.54) is 12.4 Å². The molecule has 0 amide bonds. The van der Waals surface area contributed by atoms with E-state index in [9.17, 15) is 41.6 Å². The first-order valence-corrected chi connectivity index (χ1v) is 7.44. The van der Waals surface area contributed by atoms with Crippen LogP contribution in [-0.4, -0.2) is 33.8 Å². The number of hydrogen-bond acceptors (Lipinski definition) is 6. The van der Waals surface area contributed by atoms with Crippen molar-refractivity contribution in [3.63, 3.8) is 0 Å². The van der Waals surface area contributed by atoms with Crippen molar-refractivity contribution in [3.8, 4) is 6.19 Å². The third-order valence-electron chi connectivity index (χ3n) is 2.99. The lowest BCUT2D eigenvalue weighted by molar-refractivity contribution is -0.386. The van der Waals surface area contributed by atoms with Crippen molar-refractivity contribution in [3.05, 3.63) is 33.9 Å². The van der Waals surface area contributed by atoms with Crippen LogP contribution in [0, 0.1) is 21.6 Å². The van der Waals surface area contributed by atoms with Gasteiger partial charge in [-0.1, -0.05) is 17.8 Å². The van der Waals surface area contributed by atoms with Crippen LogP contribution in [-0.2, 0) is 5.60 Å². The molecule has 0 fully saturated rings. The van der Waals surface area contributed by atoms with E-state index in [-0.39, 0.29) is 17.3 Å². The monoisotopic (exact) mass is 402 g/mol. The number of halogens is 6. The predicted molar refractivity (Wildman–Crippen MR) is 78.5 cm³/mol. The average Bonchev–Trinajstić information content (AvgIpc) is 2.51. The third kappa shape index (κ3) is 3.99. The van der Waals surface area contributed by atoms with E-state index in [0.29, 0.717) is 6.07 Å². The molecule has 0 saturated heterocycles. The van der Waals surface area contributed by atoms with Gasteiger partial charge >= 0.3 is 12.4 Å². The number of nitrogens with zero attached hydrogens (tertiary/aromatic N) is 3. The Bertz CT molecular complexity index is 758. The summed E-state index contributed by atoms with van der Waals surface area (Å²) in [7, 11) is 0. The van der Waals surface area contributed by atoms with E-state index < -0.39 is 39.8 Å². The molecule has 0 bridgehead atoms. The number of nitriles is 1. The van der Waals surface area contributed by atoms with Gasteiger partial charge in [-0.2, -0.15) is 31.6 Å². The number of benzene rings is 1. The Morgan fingerprint density at radius 3 is 2.23 bits per heavy atom. The lowest BCUT2D eigenvalue weighted by Crippen LogP contribution is -2.53. The maximum absolute atomic E-state index is 12.9. The van der Waals surface area contributed by atoms with E-state index in [0.717, 1.165) is 11.8 Å². The minimum atomic E-state index is -6.18. The molecule has 142 valence electrons. The van der Waals surface area contributed by atoms with Gasteiger partial charge in [-0.25, -0.2) is 4.99 Å². The number of thioether (sulfide) groups is 1. The van der Waals surface area contributed by atoms with Gasteiger partial charge in [-0.05, 0) is 12.3 Å². The Morgan fingerprint density at radius 2 is 1.85 bits per heavy atom. The highest BCUT2D eigenvalue weighted by Gasteiger charge is 2.71. The van der Waals surface area contributed by atoms with Crippen LogP contribution in [0.25, 0.3) is 0 Å². The van der Waals surface area contributed by atoms with Crippen LogP contribution in [0.2, 0.25) is 0 Å². The van der Waals surface area contributed by atoms with Gasteiger partial charge in [-0.15, -0.1) is 0 Å². The van der Waals surface area contributed by atoms with Crippen LogP contribution < -0.4 is 5.32 Å². The zero-order chi connectivity index (χ0) is 20.3. The topological polar surface area (TPSA) is 112 Å². The van der Waals surface area contributed by atoms with E-state index >= 15 is 0 Å². The molecule has 0 aliphatic heterocycles. The predicted octanol–water partition coefficient (Wildman–Crippen LogP) is 3.33. The molecule has 0 aliphatic rings. The molecule has 0 aromatic heterocycles. The number of amidine groups is 1. The SMILES string of the molecule is CSC(=Nc1ccc(C(O)(C(F)(F)F)C(F)(F)F)cc1[N+](=O)[O-])NC#N. The highest BCUT2D eigenvalue weighted by Crippen LogP contribution is 2.51. The Labute approximate surface area is 145 Å². The number of alkyl halides is 6. The molecular weight excluding hydrogens is 394 g/mol. The summed E-state index contributed by atoms with van der Waals surface area (Å²) in [6.07, 6.45) is -9.50. The van der Waals surface area contributed by atoms with Crippen LogP contribution in [0.3, 0.4) is 0 Å². The zero-order valence-electron chi connectivity index (χ0n) is 12.5. The number of nitro benzene ring substituents is 1. The number of nitro groups is 1.